The number of nitrogens with zero attached hydrogens (tertiary/aromatic N) is 1. The lowest BCUT2D eigenvalue weighted by Gasteiger charge is -2.23. The second-order valence-corrected chi connectivity index (χ2v) is 6.27. The molecule has 1 aromatic rings. The van der Waals surface area contributed by atoms with Crippen LogP contribution in [0.1, 0.15) is 56.7 Å². The molecule has 1 aliphatic rings. The highest BCUT2D eigenvalue weighted by Crippen LogP contribution is 2.18. The molecule has 0 bridgehead atoms. The third-order valence-corrected chi connectivity index (χ3v) is 4.39. The van der Waals surface area contributed by atoms with Crippen molar-refractivity contribution in [3.05, 3.63) is 35.4 Å². The highest BCUT2D eigenvalue weighted by atomic mass is 15.1. The summed E-state index contributed by atoms with van der Waals surface area (Å²) in [6.45, 7) is 10.5. The van der Waals surface area contributed by atoms with Crippen LogP contribution in [0.25, 0.3) is 0 Å². The molecule has 2 atom stereocenters. The number of likely N-dealkylation sites (tertiary alicyclic amines) is 1. The van der Waals surface area contributed by atoms with Gasteiger partial charge < -0.3 is 10.2 Å². The summed E-state index contributed by atoms with van der Waals surface area (Å²) in [6.07, 6.45) is 5.21. The SMILES string of the molecule is CCCN1CCCC(N[C@H](C)c2cccc(C)c2)CC1. The van der Waals surface area contributed by atoms with E-state index in [-0.39, 0.29) is 0 Å². The average Bonchev–Trinajstić information content (AvgIpc) is 2.65. The van der Waals surface area contributed by atoms with E-state index in [4.69, 9.17) is 0 Å². The Bertz CT molecular complexity index is 402. The van der Waals surface area contributed by atoms with Crippen LogP contribution in [-0.2, 0) is 0 Å². The summed E-state index contributed by atoms with van der Waals surface area (Å²) in [7, 11) is 0. The molecule has 1 aromatic carbocycles. The van der Waals surface area contributed by atoms with E-state index in [0.29, 0.717) is 12.1 Å². The number of hydrogen-bond donors (Lipinski definition) is 1. The molecular weight excluding hydrogens is 244 g/mol. The largest absolute Gasteiger partial charge is 0.307 e. The third-order valence-electron chi connectivity index (χ3n) is 4.39. The Morgan fingerprint density at radius 2 is 2.15 bits per heavy atom. The number of nitrogens with one attached hydrogen (secondary N) is 1. The summed E-state index contributed by atoms with van der Waals surface area (Å²) >= 11 is 0. The minimum Gasteiger partial charge on any atom is -0.307 e. The van der Waals surface area contributed by atoms with Crippen LogP contribution >= 0.6 is 0 Å². The predicted molar refractivity (Wildman–Crippen MR) is 87.1 cm³/mol. The monoisotopic (exact) mass is 274 g/mol. The van der Waals surface area contributed by atoms with Crippen molar-refractivity contribution in [1.29, 1.82) is 0 Å². The zero-order valence-corrected chi connectivity index (χ0v) is 13.4. The van der Waals surface area contributed by atoms with Gasteiger partial charge in [-0.15, -0.1) is 0 Å². The first-order valence-electron chi connectivity index (χ1n) is 8.24. The van der Waals surface area contributed by atoms with Crippen LogP contribution in [0.4, 0.5) is 0 Å². The van der Waals surface area contributed by atoms with Crippen molar-refractivity contribution in [2.24, 2.45) is 0 Å². The van der Waals surface area contributed by atoms with E-state index in [0.717, 1.165) is 0 Å². The van der Waals surface area contributed by atoms with Crippen molar-refractivity contribution in [3.8, 4) is 0 Å². The lowest BCUT2D eigenvalue weighted by Crippen LogP contribution is -2.33. The topological polar surface area (TPSA) is 15.3 Å². The van der Waals surface area contributed by atoms with Gasteiger partial charge >= 0.3 is 0 Å². The van der Waals surface area contributed by atoms with Gasteiger partial charge in [-0.1, -0.05) is 36.8 Å². The van der Waals surface area contributed by atoms with Crippen molar-refractivity contribution in [2.45, 2.75) is 58.5 Å². The standard InChI is InChI=1S/C18H30N2/c1-4-11-20-12-6-9-18(10-13-20)19-16(3)17-8-5-7-15(2)14-17/h5,7-8,14,16,18-19H,4,6,9-13H2,1-3H3/t16-,18?/m1/s1. The summed E-state index contributed by atoms with van der Waals surface area (Å²) in [5, 5.41) is 3.84. The van der Waals surface area contributed by atoms with Crippen LogP contribution in [-0.4, -0.2) is 30.6 Å². The molecule has 0 aromatic heterocycles. The van der Waals surface area contributed by atoms with Crippen molar-refractivity contribution >= 4 is 0 Å². The molecule has 1 fully saturated rings. The molecule has 2 heteroatoms. The maximum absolute atomic E-state index is 3.84. The molecule has 1 N–H and O–H groups in total. The van der Waals surface area contributed by atoms with Gasteiger partial charge in [-0.25, -0.2) is 0 Å². The highest BCUT2D eigenvalue weighted by Gasteiger charge is 2.18. The second kappa shape index (κ2) is 7.80. The number of aryl methyl sites for hydroxylation is 1. The fourth-order valence-corrected chi connectivity index (χ4v) is 3.25. The second-order valence-electron chi connectivity index (χ2n) is 6.27. The normalized spacial score (nSPS) is 22.4. The molecule has 1 heterocycles. The maximum atomic E-state index is 3.84. The van der Waals surface area contributed by atoms with Crippen LogP contribution in [0.2, 0.25) is 0 Å². The van der Waals surface area contributed by atoms with Gasteiger partial charge in [-0.3, -0.25) is 0 Å². The fraction of sp³-hybridized carbons (Fsp3) is 0.667. The van der Waals surface area contributed by atoms with Gasteiger partial charge in [0.15, 0.2) is 0 Å². The molecule has 0 spiro atoms. The van der Waals surface area contributed by atoms with Crippen LogP contribution in [0, 0.1) is 6.92 Å². The van der Waals surface area contributed by atoms with Crippen molar-refractivity contribution in [3.63, 3.8) is 0 Å². The summed E-state index contributed by atoms with van der Waals surface area (Å²) in [4.78, 5) is 2.62. The molecule has 1 unspecified atom stereocenters. The zero-order chi connectivity index (χ0) is 14.4. The van der Waals surface area contributed by atoms with Gasteiger partial charge in [-0.2, -0.15) is 0 Å². The van der Waals surface area contributed by atoms with E-state index in [1.165, 1.54) is 56.4 Å². The molecule has 20 heavy (non-hydrogen) atoms. The van der Waals surface area contributed by atoms with Crippen LogP contribution in [0.3, 0.4) is 0 Å². The van der Waals surface area contributed by atoms with Crippen molar-refractivity contribution < 1.29 is 0 Å². The molecule has 0 radical (unpaired) electrons. The molecule has 1 saturated heterocycles. The summed E-state index contributed by atoms with van der Waals surface area (Å²) in [5.41, 5.74) is 2.77. The Morgan fingerprint density at radius 1 is 1.30 bits per heavy atom. The van der Waals surface area contributed by atoms with Gasteiger partial charge in [0.25, 0.3) is 0 Å². The molecule has 2 rings (SSSR count). The van der Waals surface area contributed by atoms with Gasteiger partial charge in [0, 0.05) is 12.1 Å². The molecular formula is C18H30N2. The summed E-state index contributed by atoms with van der Waals surface area (Å²) in [5.74, 6) is 0. The minimum absolute atomic E-state index is 0.456. The van der Waals surface area contributed by atoms with Gasteiger partial charge in [-0.05, 0) is 64.7 Å². The quantitative estimate of drug-likeness (QED) is 0.875. The third kappa shape index (κ3) is 4.60. The van der Waals surface area contributed by atoms with E-state index in [2.05, 4.69) is 55.3 Å². The first-order valence-corrected chi connectivity index (χ1v) is 8.24. The van der Waals surface area contributed by atoms with E-state index >= 15 is 0 Å². The average molecular weight is 274 g/mol. The number of hydrogen-bond acceptors (Lipinski definition) is 2. The summed E-state index contributed by atoms with van der Waals surface area (Å²) in [6, 6.07) is 10.0. The summed E-state index contributed by atoms with van der Waals surface area (Å²) < 4.78 is 0. The molecule has 0 saturated carbocycles. The smallest absolute Gasteiger partial charge is 0.0294 e. The lowest BCUT2D eigenvalue weighted by atomic mass is 10.0. The van der Waals surface area contributed by atoms with Gasteiger partial charge in [0.1, 0.15) is 0 Å². The molecule has 2 nitrogen and oxygen atoms in total. The van der Waals surface area contributed by atoms with Gasteiger partial charge in [0.2, 0.25) is 0 Å². The first-order chi connectivity index (χ1) is 9.69. The zero-order valence-electron chi connectivity index (χ0n) is 13.4. The Balaban J connectivity index is 1.86. The highest BCUT2D eigenvalue weighted by molar-refractivity contribution is 5.24. The van der Waals surface area contributed by atoms with Crippen LogP contribution in [0.15, 0.2) is 24.3 Å². The predicted octanol–water partition coefficient (Wildman–Crippen LogP) is 3.91. The Labute approximate surface area is 124 Å². The Hall–Kier alpha value is -0.860. The maximum Gasteiger partial charge on any atom is 0.0294 e. The molecule has 112 valence electrons. The van der Waals surface area contributed by atoms with Gasteiger partial charge in [0.05, 0.1) is 0 Å². The number of benzene rings is 1. The Morgan fingerprint density at radius 3 is 2.90 bits per heavy atom. The van der Waals surface area contributed by atoms with Crippen LogP contribution in [0.5, 0.6) is 0 Å². The first kappa shape index (κ1) is 15.5. The fourth-order valence-electron chi connectivity index (χ4n) is 3.25. The molecule has 0 aliphatic carbocycles. The van der Waals surface area contributed by atoms with Crippen molar-refractivity contribution in [2.75, 3.05) is 19.6 Å². The minimum atomic E-state index is 0.456. The number of rotatable bonds is 5. The van der Waals surface area contributed by atoms with E-state index < -0.39 is 0 Å². The molecule has 0 amide bonds. The Kier molecular flexibility index (Phi) is 6.06. The molecule has 1 aliphatic heterocycles. The van der Waals surface area contributed by atoms with E-state index in [1.54, 1.807) is 0 Å². The van der Waals surface area contributed by atoms with Crippen LogP contribution < -0.4 is 5.32 Å². The van der Waals surface area contributed by atoms with E-state index in [1.807, 2.05) is 0 Å². The van der Waals surface area contributed by atoms with E-state index in [9.17, 15) is 0 Å². The van der Waals surface area contributed by atoms with Crippen molar-refractivity contribution in [1.82, 2.24) is 10.2 Å². The lowest BCUT2D eigenvalue weighted by molar-refractivity contribution is 0.281.